The summed E-state index contributed by atoms with van der Waals surface area (Å²) in [5, 5.41) is 0.499. The first kappa shape index (κ1) is 15.5. The summed E-state index contributed by atoms with van der Waals surface area (Å²) >= 11 is 5.89. The van der Waals surface area contributed by atoms with Gasteiger partial charge in [0.2, 0.25) is 5.91 Å². The molecule has 0 aliphatic carbocycles. The predicted octanol–water partition coefficient (Wildman–Crippen LogP) is 2.00. The second-order valence-corrected chi connectivity index (χ2v) is 4.90. The van der Waals surface area contributed by atoms with Gasteiger partial charge in [-0.2, -0.15) is 0 Å². The van der Waals surface area contributed by atoms with E-state index in [4.69, 9.17) is 11.6 Å². The van der Waals surface area contributed by atoms with Crippen LogP contribution in [0.5, 0.6) is 0 Å². The molecule has 0 saturated heterocycles. The summed E-state index contributed by atoms with van der Waals surface area (Å²) in [6, 6.07) is 7.07. The lowest BCUT2D eigenvalue weighted by Crippen LogP contribution is -2.37. The van der Waals surface area contributed by atoms with Gasteiger partial charge in [-0.25, -0.2) is 4.98 Å². The molecule has 1 aromatic carbocycles. The molecule has 0 unspecified atom stereocenters. The van der Waals surface area contributed by atoms with Gasteiger partial charge < -0.3 is 4.90 Å². The lowest BCUT2D eigenvalue weighted by atomic mass is 10.2. The van der Waals surface area contributed by atoms with Gasteiger partial charge in [0, 0.05) is 13.1 Å². The van der Waals surface area contributed by atoms with E-state index in [0.29, 0.717) is 29.8 Å². The van der Waals surface area contributed by atoms with Crippen LogP contribution >= 0.6 is 11.6 Å². The average Bonchev–Trinajstić information content (AvgIpc) is 2.51. The maximum Gasteiger partial charge on any atom is 0.261 e. The summed E-state index contributed by atoms with van der Waals surface area (Å²) in [7, 11) is 0. The van der Waals surface area contributed by atoms with E-state index < -0.39 is 0 Å². The maximum atomic E-state index is 12.5. The van der Waals surface area contributed by atoms with Crippen molar-refractivity contribution < 1.29 is 4.79 Å². The zero-order valence-corrected chi connectivity index (χ0v) is 12.9. The Kier molecular flexibility index (Phi) is 4.96. The van der Waals surface area contributed by atoms with Gasteiger partial charge in [-0.15, -0.1) is 11.6 Å². The molecule has 21 heavy (non-hydrogen) atoms. The number of fused-ring (bicyclic) bond motifs is 1. The number of hydrogen-bond acceptors (Lipinski definition) is 3. The van der Waals surface area contributed by atoms with Crippen molar-refractivity contribution in [2.24, 2.45) is 0 Å². The predicted molar refractivity (Wildman–Crippen MR) is 83.5 cm³/mol. The van der Waals surface area contributed by atoms with Crippen LogP contribution in [-0.2, 0) is 17.2 Å². The Hall–Kier alpha value is -1.88. The molecule has 0 aliphatic rings. The Bertz CT molecular complexity index is 708. The monoisotopic (exact) mass is 307 g/mol. The SMILES string of the molecule is CCN(CC)C(=O)Cn1c(CCl)nc2ccccc2c1=O. The van der Waals surface area contributed by atoms with Gasteiger partial charge in [0.15, 0.2) is 0 Å². The minimum Gasteiger partial charge on any atom is -0.342 e. The van der Waals surface area contributed by atoms with Gasteiger partial charge in [0.1, 0.15) is 12.4 Å². The first-order valence-electron chi connectivity index (χ1n) is 6.94. The van der Waals surface area contributed by atoms with E-state index >= 15 is 0 Å². The summed E-state index contributed by atoms with van der Waals surface area (Å²) in [4.78, 5) is 30.8. The third-order valence-corrected chi connectivity index (χ3v) is 3.71. The highest BCUT2D eigenvalue weighted by molar-refractivity contribution is 6.16. The summed E-state index contributed by atoms with van der Waals surface area (Å²) in [6.45, 7) is 5.01. The van der Waals surface area contributed by atoms with Crippen LogP contribution in [-0.4, -0.2) is 33.4 Å². The van der Waals surface area contributed by atoms with E-state index in [9.17, 15) is 9.59 Å². The van der Waals surface area contributed by atoms with Crippen molar-refractivity contribution in [3.05, 3.63) is 40.4 Å². The molecule has 0 bridgehead atoms. The van der Waals surface area contributed by atoms with Gasteiger partial charge in [0.05, 0.1) is 16.8 Å². The highest BCUT2D eigenvalue weighted by Gasteiger charge is 2.16. The number of halogens is 1. The highest BCUT2D eigenvalue weighted by Crippen LogP contribution is 2.09. The summed E-state index contributed by atoms with van der Waals surface area (Å²) in [6.07, 6.45) is 0. The zero-order valence-electron chi connectivity index (χ0n) is 12.2. The van der Waals surface area contributed by atoms with Crippen LogP contribution in [0.3, 0.4) is 0 Å². The molecule has 1 amide bonds. The minimum atomic E-state index is -0.225. The highest BCUT2D eigenvalue weighted by atomic mass is 35.5. The number of benzene rings is 1. The molecule has 0 spiro atoms. The Morgan fingerprint density at radius 2 is 1.95 bits per heavy atom. The molecule has 0 fully saturated rings. The normalized spacial score (nSPS) is 10.8. The standard InChI is InChI=1S/C15H18ClN3O2/c1-3-18(4-2)14(20)10-19-13(9-16)17-12-8-6-5-7-11(12)15(19)21/h5-8H,3-4,9-10H2,1-2H3. The van der Waals surface area contributed by atoms with Crippen LogP contribution in [0.1, 0.15) is 19.7 Å². The van der Waals surface area contributed by atoms with E-state index in [-0.39, 0.29) is 23.9 Å². The fourth-order valence-corrected chi connectivity index (χ4v) is 2.49. The van der Waals surface area contributed by atoms with Gasteiger partial charge in [0.25, 0.3) is 5.56 Å². The largest absolute Gasteiger partial charge is 0.342 e. The third-order valence-electron chi connectivity index (χ3n) is 3.47. The summed E-state index contributed by atoms with van der Waals surface area (Å²) < 4.78 is 1.37. The van der Waals surface area contributed by atoms with Crippen molar-refractivity contribution >= 4 is 28.4 Å². The molecule has 0 atom stereocenters. The van der Waals surface area contributed by atoms with Crippen LogP contribution < -0.4 is 5.56 Å². The number of likely N-dealkylation sites (N-methyl/N-ethyl adjacent to an activating group) is 1. The second kappa shape index (κ2) is 6.72. The molecule has 5 nitrogen and oxygen atoms in total. The van der Waals surface area contributed by atoms with Crippen LogP contribution in [0.4, 0.5) is 0 Å². The lowest BCUT2D eigenvalue weighted by molar-refractivity contribution is -0.131. The molecule has 1 aromatic heterocycles. The molecule has 2 rings (SSSR count). The van der Waals surface area contributed by atoms with Crippen LogP contribution in [0, 0.1) is 0 Å². The smallest absolute Gasteiger partial charge is 0.261 e. The number of para-hydroxylation sites is 1. The Morgan fingerprint density at radius 3 is 2.57 bits per heavy atom. The van der Waals surface area contributed by atoms with E-state index in [0.717, 1.165) is 0 Å². The molecule has 6 heteroatoms. The van der Waals surface area contributed by atoms with Crippen molar-refractivity contribution in [1.82, 2.24) is 14.5 Å². The number of aromatic nitrogens is 2. The first-order chi connectivity index (χ1) is 10.1. The Balaban J connectivity index is 2.50. The number of carbonyl (C=O) groups is 1. The molecular weight excluding hydrogens is 290 g/mol. The van der Waals surface area contributed by atoms with E-state index in [2.05, 4.69) is 4.98 Å². The Morgan fingerprint density at radius 1 is 1.29 bits per heavy atom. The third kappa shape index (κ3) is 3.08. The summed E-state index contributed by atoms with van der Waals surface area (Å²) in [5.74, 6) is 0.400. The molecular formula is C15H18ClN3O2. The van der Waals surface area contributed by atoms with Gasteiger partial charge >= 0.3 is 0 Å². The van der Waals surface area contributed by atoms with Gasteiger partial charge in [-0.3, -0.25) is 14.2 Å². The molecule has 112 valence electrons. The van der Waals surface area contributed by atoms with E-state index in [1.54, 1.807) is 23.1 Å². The quantitative estimate of drug-likeness (QED) is 0.794. The van der Waals surface area contributed by atoms with Crippen molar-refractivity contribution in [2.45, 2.75) is 26.3 Å². The lowest BCUT2D eigenvalue weighted by Gasteiger charge is -2.20. The van der Waals surface area contributed by atoms with Crippen molar-refractivity contribution in [3.63, 3.8) is 0 Å². The van der Waals surface area contributed by atoms with Crippen LogP contribution in [0.25, 0.3) is 10.9 Å². The zero-order chi connectivity index (χ0) is 15.4. The first-order valence-corrected chi connectivity index (χ1v) is 7.48. The average molecular weight is 308 g/mol. The van der Waals surface area contributed by atoms with E-state index in [1.165, 1.54) is 4.57 Å². The molecule has 1 heterocycles. The Labute approximate surface area is 128 Å². The van der Waals surface area contributed by atoms with Crippen molar-refractivity contribution in [1.29, 1.82) is 0 Å². The second-order valence-electron chi connectivity index (χ2n) is 4.64. The maximum absolute atomic E-state index is 12.5. The minimum absolute atomic E-state index is 0.0274. The van der Waals surface area contributed by atoms with Crippen LogP contribution in [0.15, 0.2) is 29.1 Å². The van der Waals surface area contributed by atoms with Crippen molar-refractivity contribution in [3.8, 4) is 0 Å². The number of nitrogens with zero attached hydrogens (tertiary/aromatic N) is 3. The molecule has 0 N–H and O–H groups in total. The molecule has 0 aliphatic heterocycles. The van der Waals surface area contributed by atoms with Crippen LogP contribution in [0.2, 0.25) is 0 Å². The number of carbonyl (C=O) groups excluding carboxylic acids is 1. The van der Waals surface area contributed by atoms with Gasteiger partial charge in [-0.05, 0) is 26.0 Å². The number of alkyl halides is 1. The topological polar surface area (TPSA) is 55.2 Å². The fourth-order valence-electron chi connectivity index (χ4n) is 2.29. The number of amides is 1. The molecule has 2 aromatic rings. The van der Waals surface area contributed by atoms with Gasteiger partial charge in [-0.1, -0.05) is 12.1 Å². The number of rotatable bonds is 5. The fraction of sp³-hybridized carbons (Fsp3) is 0.400. The van der Waals surface area contributed by atoms with Crippen molar-refractivity contribution in [2.75, 3.05) is 13.1 Å². The molecule has 0 radical (unpaired) electrons. The van der Waals surface area contributed by atoms with E-state index in [1.807, 2.05) is 19.9 Å². The number of hydrogen-bond donors (Lipinski definition) is 0. The summed E-state index contributed by atoms with van der Waals surface area (Å²) in [5.41, 5.74) is 0.376. The molecule has 0 saturated carbocycles.